The molecule has 7 nitrogen and oxygen atoms in total. The smallest absolute Gasteiger partial charge is 0.306 e. The van der Waals surface area contributed by atoms with E-state index < -0.39 is 16.0 Å². The average Bonchev–Trinajstić information content (AvgIpc) is 3.12. The van der Waals surface area contributed by atoms with E-state index in [1.165, 1.54) is 0 Å². The Morgan fingerprint density at radius 3 is 2.31 bits per heavy atom. The van der Waals surface area contributed by atoms with Gasteiger partial charge in [0.15, 0.2) is 6.61 Å². The highest BCUT2D eigenvalue weighted by atomic mass is 32.2. The number of H-pyrrole nitrogens is 1. The molecule has 1 saturated heterocycles. The van der Waals surface area contributed by atoms with Crippen molar-refractivity contribution >= 4 is 21.8 Å². The summed E-state index contributed by atoms with van der Waals surface area (Å²) in [6, 6.07) is 9.96. The lowest BCUT2D eigenvalue weighted by atomic mass is 10.1. The Kier molecular flexibility index (Phi) is 7.22. The molecule has 0 spiro atoms. The first-order valence-corrected chi connectivity index (χ1v) is 11.3. The minimum atomic E-state index is -3.47. The van der Waals surface area contributed by atoms with E-state index >= 15 is 0 Å². The number of rotatable bonds is 8. The molecule has 1 aliphatic heterocycles. The van der Waals surface area contributed by atoms with E-state index in [0.717, 1.165) is 31.2 Å². The second-order valence-electron chi connectivity index (χ2n) is 7.13. The first kappa shape index (κ1) is 21.3. The van der Waals surface area contributed by atoms with Crippen molar-refractivity contribution in [2.75, 3.05) is 19.7 Å². The maximum absolute atomic E-state index is 12.8. The van der Waals surface area contributed by atoms with Gasteiger partial charge in [0.1, 0.15) is 0 Å². The summed E-state index contributed by atoms with van der Waals surface area (Å²) in [4.78, 5) is 26.7. The molecule has 2 aromatic rings. The predicted octanol–water partition coefficient (Wildman–Crippen LogP) is 2.94. The number of aromatic nitrogens is 1. The highest BCUT2D eigenvalue weighted by Gasteiger charge is 2.24. The summed E-state index contributed by atoms with van der Waals surface area (Å²) in [5, 5.41) is 0. The number of aryl methyl sites for hydroxylation is 1. The molecule has 0 atom stereocenters. The van der Waals surface area contributed by atoms with Gasteiger partial charge < -0.3 is 9.72 Å². The van der Waals surface area contributed by atoms with Crippen molar-refractivity contribution in [2.45, 2.75) is 43.4 Å². The van der Waals surface area contributed by atoms with E-state index in [2.05, 4.69) is 4.98 Å². The van der Waals surface area contributed by atoms with Gasteiger partial charge >= 0.3 is 5.97 Å². The van der Waals surface area contributed by atoms with E-state index in [1.807, 2.05) is 0 Å². The molecular formula is C21H26N2O5S. The third-order valence-electron chi connectivity index (χ3n) is 5.01. The van der Waals surface area contributed by atoms with Crippen molar-refractivity contribution in [3.63, 3.8) is 0 Å². The van der Waals surface area contributed by atoms with E-state index in [0.29, 0.717) is 25.2 Å². The van der Waals surface area contributed by atoms with E-state index in [-0.39, 0.29) is 23.7 Å². The van der Waals surface area contributed by atoms with Crippen LogP contribution in [0.3, 0.4) is 0 Å². The number of ether oxygens (including phenoxy) is 1. The van der Waals surface area contributed by atoms with Crippen molar-refractivity contribution in [1.29, 1.82) is 0 Å². The zero-order valence-electron chi connectivity index (χ0n) is 16.3. The third-order valence-corrected chi connectivity index (χ3v) is 6.92. The summed E-state index contributed by atoms with van der Waals surface area (Å²) >= 11 is 0. The zero-order chi connectivity index (χ0) is 20.7. The second kappa shape index (κ2) is 9.84. The van der Waals surface area contributed by atoms with Crippen LogP contribution in [-0.2, 0) is 26.0 Å². The zero-order valence-corrected chi connectivity index (χ0v) is 17.1. The molecule has 0 saturated carbocycles. The molecule has 0 amide bonds. The molecule has 2 heterocycles. The van der Waals surface area contributed by atoms with Crippen molar-refractivity contribution in [1.82, 2.24) is 9.29 Å². The van der Waals surface area contributed by atoms with Gasteiger partial charge in [0, 0.05) is 25.7 Å². The summed E-state index contributed by atoms with van der Waals surface area (Å²) < 4.78 is 32.1. The Hall–Kier alpha value is -2.45. The van der Waals surface area contributed by atoms with Crippen LogP contribution in [0, 0.1) is 0 Å². The fourth-order valence-electron chi connectivity index (χ4n) is 3.31. The maximum atomic E-state index is 12.8. The summed E-state index contributed by atoms with van der Waals surface area (Å²) in [5.41, 5.74) is 1.24. The molecule has 0 aliphatic carbocycles. The van der Waals surface area contributed by atoms with Crippen molar-refractivity contribution in [2.24, 2.45) is 0 Å². The van der Waals surface area contributed by atoms with Gasteiger partial charge in [-0.3, -0.25) is 9.59 Å². The number of Topliss-reactive ketones (excluding diaryl/α,β-unsaturated/α-hetero) is 1. The standard InChI is InChI=1S/C21H26N2O5S/c24-20(19-6-5-13-22-19)16-28-21(25)12-9-17-7-10-18(11-8-17)29(26,27)23-14-3-1-2-4-15-23/h5-8,10-11,13,22H,1-4,9,12,14-16H2. The Morgan fingerprint density at radius 2 is 1.69 bits per heavy atom. The molecule has 1 aromatic heterocycles. The van der Waals surface area contributed by atoms with Gasteiger partial charge in [-0.15, -0.1) is 0 Å². The topological polar surface area (TPSA) is 96.5 Å². The molecule has 1 N–H and O–H groups in total. The fraction of sp³-hybridized carbons (Fsp3) is 0.429. The Labute approximate surface area is 171 Å². The van der Waals surface area contributed by atoms with E-state index in [4.69, 9.17) is 4.74 Å². The van der Waals surface area contributed by atoms with Gasteiger partial charge in [-0.25, -0.2) is 8.42 Å². The summed E-state index contributed by atoms with van der Waals surface area (Å²) in [7, 11) is -3.47. The molecular weight excluding hydrogens is 392 g/mol. The molecule has 29 heavy (non-hydrogen) atoms. The average molecular weight is 419 g/mol. The number of aromatic amines is 1. The van der Waals surface area contributed by atoms with Crippen LogP contribution in [0.25, 0.3) is 0 Å². The Balaban J connectivity index is 1.49. The first-order valence-electron chi connectivity index (χ1n) is 9.88. The van der Waals surface area contributed by atoms with Crippen molar-refractivity contribution in [3.05, 3.63) is 53.9 Å². The number of carbonyl (C=O) groups is 2. The summed E-state index contributed by atoms with van der Waals surface area (Å²) in [6.07, 6.45) is 6.09. The number of benzene rings is 1. The third kappa shape index (κ3) is 5.77. The lowest BCUT2D eigenvalue weighted by Crippen LogP contribution is -2.31. The number of nitrogens with zero attached hydrogens (tertiary/aromatic N) is 1. The van der Waals surface area contributed by atoms with Gasteiger partial charge in [-0.2, -0.15) is 4.31 Å². The van der Waals surface area contributed by atoms with Crippen molar-refractivity contribution in [3.8, 4) is 0 Å². The molecule has 0 radical (unpaired) electrons. The predicted molar refractivity (Wildman–Crippen MR) is 108 cm³/mol. The maximum Gasteiger partial charge on any atom is 0.306 e. The van der Waals surface area contributed by atoms with Crippen molar-refractivity contribution < 1.29 is 22.7 Å². The van der Waals surface area contributed by atoms with Gasteiger partial charge in [-0.1, -0.05) is 25.0 Å². The normalized spacial score (nSPS) is 15.6. The van der Waals surface area contributed by atoms with Crippen LogP contribution in [0.15, 0.2) is 47.5 Å². The molecule has 0 unspecified atom stereocenters. The number of ketones is 1. The Morgan fingerprint density at radius 1 is 1.00 bits per heavy atom. The SMILES string of the molecule is O=C(CCc1ccc(S(=O)(=O)N2CCCCCC2)cc1)OCC(=O)c1ccc[nH]1. The lowest BCUT2D eigenvalue weighted by molar-refractivity contribution is -0.142. The van der Waals surface area contributed by atoms with Crippen LogP contribution >= 0.6 is 0 Å². The van der Waals surface area contributed by atoms with E-state index in [9.17, 15) is 18.0 Å². The monoisotopic (exact) mass is 418 g/mol. The highest BCUT2D eigenvalue weighted by Crippen LogP contribution is 2.21. The quantitative estimate of drug-likeness (QED) is 0.525. The van der Waals surface area contributed by atoms with Crippen LogP contribution in [0.1, 0.15) is 48.2 Å². The summed E-state index contributed by atoms with van der Waals surface area (Å²) in [6.45, 7) is 0.834. The van der Waals surface area contributed by atoms with Gasteiger partial charge in [0.05, 0.1) is 10.6 Å². The molecule has 156 valence electrons. The number of esters is 1. The number of hydrogen-bond acceptors (Lipinski definition) is 5. The van der Waals surface area contributed by atoms with Crippen LogP contribution in [0.4, 0.5) is 0 Å². The largest absolute Gasteiger partial charge is 0.457 e. The van der Waals surface area contributed by atoms with Crippen LogP contribution < -0.4 is 0 Å². The highest BCUT2D eigenvalue weighted by molar-refractivity contribution is 7.89. The van der Waals surface area contributed by atoms with Gasteiger partial charge in [0.2, 0.25) is 15.8 Å². The minimum Gasteiger partial charge on any atom is -0.457 e. The lowest BCUT2D eigenvalue weighted by Gasteiger charge is -2.20. The van der Waals surface area contributed by atoms with Crippen LogP contribution in [0.2, 0.25) is 0 Å². The molecule has 1 fully saturated rings. The summed E-state index contributed by atoms with van der Waals surface area (Å²) in [5.74, 6) is -0.752. The molecule has 1 aliphatic rings. The number of hydrogen-bond donors (Lipinski definition) is 1. The molecule has 1 aromatic carbocycles. The van der Waals surface area contributed by atoms with Crippen LogP contribution in [0.5, 0.6) is 0 Å². The molecule has 8 heteroatoms. The number of carbonyl (C=O) groups excluding carboxylic acids is 2. The fourth-order valence-corrected chi connectivity index (χ4v) is 4.82. The second-order valence-corrected chi connectivity index (χ2v) is 9.07. The number of sulfonamides is 1. The molecule has 0 bridgehead atoms. The molecule has 3 rings (SSSR count). The van der Waals surface area contributed by atoms with E-state index in [1.54, 1.807) is 46.9 Å². The Bertz CT molecular complexity index is 912. The van der Waals surface area contributed by atoms with Crippen LogP contribution in [-0.4, -0.2) is 49.2 Å². The van der Waals surface area contributed by atoms with Gasteiger partial charge in [0.25, 0.3) is 0 Å². The van der Waals surface area contributed by atoms with Gasteiger partial charge in [-0.05, 0) is 49.1 Å². The number of nitrogens with one attached hydrogen (secondary N) is 1. The first-order chi connectivity index (χ1) is 14.0. The minimum absolute atomic E-state index is 0.121.